The fraction of sp³-hybridized carbons (Fsp3) is 0.333. The fourth-order valence-electron chi connectivity index (χ4n) is 2.65. The summed E-state index contributed by atoms with van der Waals surface area (Å²) in [5, 5.41) is 3.32. The number of rotatable bonds is 2. The fourth-order valence-corrected chi connectivity index (χ4v) is 2.65. The third-order valence-electron chi connectivity index (χ3n) is 3.48. The van der Waals surface area contributed by atoms with Gasteiger partial charge in [-0.05, 0) is 13.0 Å². The van der Waals surface area contributed by atoms with Gasteiger partial charge in [0.15, 0.2) is 0 Å². The van der Waals surface area contributed by atoms with Crippen LogP contribution < -0.4 is 5.32 Å². The normalized spacial score (nSPS) is 20.4. The Hall–Kier alpha value is -2.10. The molecule has 0 saturated carbocycles. The molecule has 0 spiro atoms. The monoisotopic (exact) mass is 256 g/mol. The van der Waals surface area contributed by atoms with Crippen LogP contribution in [0.2, 0.25) is 0 Å². The molecule has 0 amide bonds. The summed E-state index contributed by atoms with van der Waals surface area (Å²) in [5.41, 5.74) is 4.05. The first-order chi connectivity index (χ1) is 9.31. The van der Waals surface area contributed by atoms with Gasteiger partial charge in [-0.1, -0.05) is 18.2 Å². The van der Waals surface area contributed by atoms with E-state index in [1.165, 1.54) is 0 Å². The number of esters is 1. The molecule has 2 heterocycles. The number of ether oxygens (including phenoxy) is 1. The molecule has 1 aliphatic heterocycles. The topological polar surface area (TPSA) is 51.2 Å². The van der Waals surface area contributed by atoms with Gasteiger partial charge in [0.2, 0.25) is 0 Å². The number of hydrogen-bond donors (Lipinski definition) is 1. The molecule has 0 radical (unpaired) electrons. The van der Waals surface area contributed by atoms with Crippen molar-refractivity contribution >= 4 is 17.6 Å². The maximum atomic E-state index is 12.1. The zero-order valence-corrected chi connectivity index (χ0v) is 10.8. The van der Waals surface area contributed by atoms with Crippen LogP contribution in [-0.4, -0.2) is 24.1 Å². The van der Waals surface area contributed by atoms with Gasteiger partial charge < -0.3 is 10.1 Å². The van der Waals surface area contributed by atoms with Crippen LogP contribution in [0, 0.1) is 5.92 Å². The predicted molar refractivity (Wildman–Crippen MR) is 72.9 cm³/mol. The van der Waals surface area contributed by atoms with Crippen LogP contribution in [0.1, 0.15) is 24.6 Å². The quantitative estimate of drug-likeness (QED) is 0.822. The van der Waals surface area contributed by atoms with Crippen molar-refractivity contribution in [1.82, 2.24) is 10.3 Å². The molecular formula is C15H16N2O2. The van der Waals surface area contributed by atoms with Crippen molar-refractivity contribution in [2.75, 3.05) is 13.2 Å². The second-order valence-corrected chi connectivity index (χ2v) is 4.63. The van der Waals surface area contributed by atoms with Gasteiger partial charge >= 0.3 is 5.97 Å². The Morgan fingerprint density at radius 3 is 3.32 bits per heavy atom. The van der Waals surface area contributed by atoms with Crippen molar-refractivity contribution in [1.29, 1.82) is 0 Å². The molecular weight excluding hydrogens is 240 g/mol. The maximum absolute atomic E-state index is 12.1. The molecule has 98 valence electrons. The highest BCUT2D eigenvalue weighted by molar-refractivity contribution is 5.92. The van der Waals surface area contributed by atoms with E-state index in [1.54, 1.807) is 6.20 Å². The summed E-state index contributed by atoms with van der Waals surface area (Å²) in [7, 11) is 0. The van der Waals surface area contributed by atoms with Crippen LogP contribution in [0.5, 0.6) is 0 Å². The van der Waals surface area contributed by atoms with Gasteiger partial charge in [0.05, 0.1) is 12.3 Å². The SMILES string of the molecule is CCOC(=O)C1CNC2=C1c1ncccc1C=CC2. The van der Waals surface area contributed by atoms with E-state index in [9.17, 15) is 4.79 Å². The lowest BCUT2D eigenvalue weighted by Gasteiger charge is -2.13. The summed E-state index contributed by atoms with van der Waals surface area (Å²) in [5.74, 6) is -0.415. The molecule has 1 aromatic heterocycles. The molecule has 0 saturated heterocycles. The molecule has 19 heavy (non-hydrogen) atoms. The highest BCUT2D eigenvalue weighted by Gasteiger charge is 2.34. The molecule has 2 aliphatic rings. The van der Waals surface area contributed by atoms with Gasteiger partial charge in [0, 0.05) is 36.0 Å². The van der Waals surface area contributed by atoms with E-state index in [2.05, 4.69) is 22.5 Å². The van der Waals surface area contributed by atoms with Gasteiger partial charge in [-0.25, -0.2) is 0 Å². The molecule has 4 nitrogen and oxygen atoms in total. The summed E-state index contributed by atoms with van der Waals surface area (Å²) < 4.78 is 5.17. The van der Waals surface area contributed by atoms with Gasteiger partial charge in [0.25, 0.3) is 0 Å². The summed E-state index contributed by atoms with van der Waals surface area (Å²) in [6.45, 7) is 2.84. The number of nitrogens with zero attached hydrogens (tertiary/aromatic N) is 1. The molecule has 1 N–H and O–H groups in total. The minimum atomic E-state index is -0.247. The third kappa shape index (κ3) is 2.03. The Morgan fingerprint density at radius 1 is 1.58 bits per heavy atom. The van der Waals surface area contributed by atoms with Gasteiger partial charge in [-0.15, -0.1) is 0 Å². The number of hydrogen-bond acceptors (Lipinski definition) is 4. The highest BCUT2D eigenvalue weighted by Crippen LogP contribution is 2.36. The van der Waals surface area contributed by atoms with Crippen molar-refractivity contribution in [2.24, 2.45) is 5.92 Å². The van der Waals surface area contributed by atoms with Crippen LogP contribution in [0.4, 0.5) is 0 Å². The van der Waals surface area contributed by atoms with E-state index >= 15 is 0 Å². The number of pyridine rings is 1. The lowest BCUT2D eigenvalue weighted by molar-refractivity contribution is -0.145. The molecule has 1 unspecified atom stereocenters. The van der Waals surface area contributed by atoms with Gasteiger partial charge in [0.1, 0.15) is 5.92 Å². The zero-order valence-electron chi connectivity index (χ0n) is 10.8. The summed E-state index contributed by atoms with van der Waals surface area (Å²) in [6.07, 6.45) is 6.73. The Labute approximate surface area is 112 Å². The molecule has 1 aliphatic carbocycles. The average Bonchev–Trinajstić information content (AvgIpc) is 2.75. The molecule has 0 bridgehead atoms. The zero-order chi connectivity index (χ0) is 13.2. The van der Waals surface area contributed by atoms with Crippen LogP contribution >= 0.6 is 0 Å². The van der Waals surface area contributed by atoms with E-state index in [0.717, 1.165) is 28.9 Å². The minimum absolute atomic E-state index is 0.168. The largest absolute Gasteiger partial charge is 0.465 e. The van der Waals surface area contributed by atoms with E-state index in [-0.39, 0.29) is 11.9 Å². The first kappa shape index (κ1) is 12.0. The Bertz CT molecular complexity index is 575. The van der Waals surface area contributed by atoms with Crippen LogP contribution in [0.25, 0.3) is 11.6 Å². The van der Waals surface area contributed by atoms with Crippen molar-refractivity contribution in [3.8, 4) is 0 Å². The maximum Gasteiger partial charge on any atom is 0.315 e. The van der Waals surface area contributed by atoms with Crippen molar-refractivity contribution < 1.29 is 9.53 Å². The number of allylic oxidation sites excluding steroid dienone is 1. The number of nitrogens with one attached hydrogen (secondary N) is 1. The Morgan fingerprint density at radius 2 is 2.47 bits per heavy atom. The first-order valence-corrected chi connectivity index (χ1v) is 6.56. The summed E-state index contributed by atoms with van der Waals surface area (Å²) in [4.78, 5) is 16.5. The van der Waals surface area contributed by atoms with Crippen molar-refractivity contribution in [3.63, 3.8) is 0 Å². The molecule has 0 fully saturated rings. The van der Waals surface area contributed by atoms with Gasteiger partial charge in [-0.2, -0.15) is 0 Å². The minimum Gasteiger partial charge on any atom is -0.465 e. The molecule has 3 rings (SSSR count). The lowest BCUT2D eigenvalue weighted by Crippen LogP contribution is -2.23. The van der Waals surface area contributed by atoms with E-state index in [4.69, 9.17) is 4.74 Å². The van der Waals surface area contributed by atoms with Crippen molar-refractivity contribution in [3.05, 3.63) is 41.4 Å². The Balaban J connectivity index is 2.05. The number of carbonyl (C=O) groups excluding carboxylic acids is 1. The lowest BCUT2D eigenvalue weighted by atomic mass is 9.95. The van der Waals surface area contributed by atoms with Gasteiger partial charge in [-0.3, -0.25) is 9.78 Å². The summed E-state index contributed by atoms with van der Waals surface area (Å²) in [6, 6.07) is 3.94. The predicted octanol–water partition coefficient (Wildman–Crippen LogP) is 1.99. The number of fused-ring (bicyclic) bond motifs is 2. The standard InChI is InChI=1S/C15H16N2O2/c1-2-19-15(18)11-9-17-12-7-3-5-10-6-4-8-16-14(10)13(11)12/h3-6,8,11,17H,2,7,9H2,1H3. The molecule has 1 atom stereocenters. The van der Waals surface area contributed by atoms with Crippen LogP contribution in [0.15, 0.2) is 30.1 Å². The number of aromatic nitrogens is 1. The van der Waals surface area contributed by atoms with Crippen molar-refractivity contribution in [2.45, 2.75) is 13.3 Å². The van der Waals surface area contributed by atoms with E-state index in [0.29, 0.717) is 13.2 Å². The smallest absolute Gasteiger partial charge is 0.315 e. The number of carbonyl (C=O) groups is 1. The average molecular weight is 256 g/mol. The second-order valence-electron chi connectivity index (χ2n) is 4.63. The van der Waals surface area contributed by atoms with E-state index < -0.39 is 0 Å². The summed E-state index contributed by atoms with van der Waals surface area (Å²) >= 11 is 0. The molecule has 4 heteroatoms. The Kier molecular flexibility index (Phi) is 3.07. The third-order valence-corrected chi connectivity index (χ3v) is 3.48. The highest BCUT2D eigenvalue weighted by atomic mass is 16.5. The second kappa shape index (κ2) is 4.88. The van der Waals surface area contributed by atoms with Crippen LogP contribution in [-0.2, 0) is 9.53 Å². The molecule has 1 aromatic rings. The van der Waals surface area contributed by atoms with E-state index in [1.807, 2.05) is 19.1 Å². The first-order valence-electron chi connectivity index (χ1n) is 6.56. The van der Waals surface area contributed by atoms with Crippen LogP contribution in [0.3, 0.4) is 0 Å². The molecule has 0 aromatic carbocycles.